The van der Waals surface area contributed by atoms with Crippen molar-refractivity contribution < 1.29 is 14.7 Å². The summed E-state index contributed by atoms with van der Waals surface area (Å²) in [5.41, 5.74) is 2.02. The maximum atomic E-state index is 12.3. The Kier molecular flexibility index (Phi) is 4.61. The molecular weight excluding hydrogens is 256 g/mol. The zero-order valence-corrected chi connectivity index (χ0v) is 11.6. The normalized spacial score (nSPS) is 15.3. The first-order chi connectivity index (χ1) is 9.63. The van der Waals surface area contributed by atoms with Crippen molar-refractivity contribution in [2.24, 2.45) is 0 Å². The lowest BCUT2D eigenvalue weighted by molar-refractivity contribution is -0.139. The fourth-order valence-corrected chi connectivity index (χ4v) is 2.52. The van der Waals surface area contributed by atoms with Crippen LogP contribution in [-0.4, -0.2) is 29.7 Å². The molecule has 1 aromatic carbocycles. The second kappa shape index (κ2) is 6.41. The predicted octanol–water partition coefficient (Wildman–Crippen LogP) is 2.40. The van der Waals surface area contributed by atoms with Gasteiger partial charge in [-0.05, 0) is 30.9 Å². The number of carboxylic acid groups (broad SMARTS) is 1. The highest BCUT2D eigenvalue weighted by atomic mass is 16.4. The summed E-state index contributed by atoms with van der Waals surface area (Å²) in [6.45, 7) is 2.53. The lowest BCUT2D eigenvalue weighted by Gasteiger charge is -2.30. The average molecular weight is 276 g/mol. The second-order valence-corrected chi connectivity index (χ2v) is 5.01. The summed E-state index contributed by atoms with van der Waals surface area (Å²) in [7, 11) is 0. The maximum Gasteiger partial charge on any atom is 0.326 e. The van der Waals surface area contributed by atoms with E-state index in [4.69, 9.17) is 5.11 Å². The van der Waals surface area contributed by atoms with E-state index in [0.29, 0.717) is 19.4 Å². The minimum atomic E-state index is -0.981. The molecule has 0 spiro atoms. The zero-order chi connectivity index (χ0) is 14.5. The van der Waals surface area contributed by atoms with Gasteiger partial charge < -0.3 is 10.4 Å². The maximum absolute atomic E-state index is 12.3. The van der Waals surface area contributed by atoms with Crippen LogP contribution in [0.2, 0.25) is 0 Å². The van der Waals surface area contributed by atoms with Crippen LogP contribution >= 0.6 is 0 Å². The van der Waals surface area contributed by atoms with Gasteiger partial charge in [0.2, 0.25) is 0 Å². The first kappa shape index (κ1) is 14.4. The zero-order valence-electron chi connectivity index (χ0n) is 11.6. The number of nitrogens with one attached hydrogen (secondary N) is 1. The fraction of sp³-hybridized carbons (Fsp3) is 0.467. The number of aliphatic carboxylic acids is 1. The molecule has 1 aliphatic rings. The van der Waals surface area contributed by atoms with Crippen molar-refractivity contribution in [1.82, 2.24) is 5.32 Å². The number of carboxylic acids is 1. The molecule has 108 valence electrons. The number of carbonyl (C=O) groups excluding carboxylic acids is 1. The van der Waals surface area contributed by atoms with Gasteiger partial charge in [0.15, 0.2) is 0 Å². The quantitative estimate of drug-likeness (QED) is 0.887. The molecule has 20 heavy (non-hydrogen) atoms. The highest BCUT2D eigenvalue weighted by Gasteiger charge is 2.26. The molecule has 0 saturated carbocycles. The van der Waals surface area contributed by atoms with Gasteiger partial charge in [0.05, 0.1) is 0 Å². The van der Waals surface area contributed by atoms with Crippen molar-refractivity contribution in [2.45, 2.75) is 38.6 Å². The summed E-state index contributed by atoms with van der Waals surface area (Å²) in [4.78, 5) is 25.1. The van der Waals surface area contributed by atoms with Crippen molar-refractivity contribution >= 4 is 17.7 Å². The van der Waals surface area contributed by atoms with Crippen LogP contribution in [0, 0.1) is 0 Å². The molecule has 2 rings (SSSR count). The van der Waals surface area contributed by atoms with Crippen LogP contribution in [0.5, 0.6) is 0 Å². The third-order valence-electron chi connectivity index (χ3n) is 3.53. The number of carbonyl (C=O) groups is 2. The summed E-state index contributed by atoms with van der Waals surface area (Å²) in [5.74, 6) is -0.981. The van der Waals surface area contributed by atoms with Crippen LogP contribution in [0.3, 0.4) is 0 Å². The highest BCUT2D eigenvalue weighted by Crippen LogP contribution is 2.26. The molecule has 0 unspecified atom stereocenters. The van der Waals surface area contributed by atoms with Gasteiger partial charge in [-0.15, -0.1) is 0 Å². The molecule has 1 atom stereocenters. The standard InChI is InChI=1S/C15H20N2O3/c1-2-6-12(14(18)19)16-15(20)17-10-5-8-11-7-3-4-9-13(11)17/h3-4,7,9,12H,2,5-6,8,10H2,1H3,(H,16,20)(H,18,19)/t12-/m1/s1. The Bertz CT molecular complexity index is 502. The molecule has 0 radical (unpaired) electrons. The molecule has 5 heteroatoms. The van der Waals surface area contributed by atoms with E-state index in [2.05, 4.69) is 5.32 Å². The molecule has 5 nitrogen and oxygen atoms in total. The Morgan fingerprint density at radius 2 is 2.15 bits per heavy atom. The van der Waals surface area contributed by atoms with E-state index >= 15 is 0 Å². The fourth-order valence-electron chi connectivity index (χ4n) is 2.52. The number of hydrogen-bond acceptors (Lipinski definition) is 2. The topological polar surface area (TPSA) is 69.6 Å². The number of aryl methyl sites for hydroxylation is 1. The number of rotatable bonds is 4. The number of fused-ring (bicyclic) bond motifs is 1. The number of anilines is 1. The Labute approximate surface area is 118 Å². The number of hydrogen-bond donors (Lipinski definition) is 2. The Morgan fingerprint density at radius 1 is 1.40 bits per heavy atom. The number of urea groups is 1. The Balaban J connectivity index is 2.12. The van der Waals surface area contributed by atoms with E-state index < -0.39 is 12.0 Å². The summed E-state index contributed by atoms with van der Waals surface area (Å²) in [6, 6.07) is 6.63. The number of nitrogens with zero attached hydrogens (tertiary/aromatic N) is 1. The third kappa shape index (κ3) is 3.10. The van der Waals surface area contributed by atoms with Gasteiger partial charge in [-0.1, -0.05) is 31.5 Å². The van der Waals surface area contributed by atoms with E-state index in [-0.39, 0.29) is 6.03 Å². The molecule has 0 aromatic heterocycles. The van der Waals surface area contributed by atoms with E-state index in [0.717, 1.165) is 24.1 Å². The highest BCUT2D eigenvalue weighted by molar-refractivity contribution is 5.95. The van der Waals surface area contributed by atoms with E-state index in [9.17, 15) is 9.59 Å². The van der Waals surface area contributed by atoms with Gasteiger partial charge >= 0.3 is 12.0 Å². The van der Waals surface area contributed by atoms with Crippen molar-refractivity contribution in [3.8, 4) is 0 Å². The largest absolute Gasteiger partial charge is 0.480 e. The van der Waals surface area contributed by atoms with Crippen LogP contribution in [-0.2, 0) is 11.2 Å². The molecular formula is C15H20N2O3. The molecule has 0 aliphatic carbocycles. The lowest BCUT2D eigenvalue weighted by atomic mass is 10.0. The van der Waals surface area contributed by atoms with Crippen LogP contribution in [0.25, 0.3) is 0 Å². The molecule has 1 aromatic rings. The second-order valence-electron chi connectivity index (χ2n) is 5.01. The molecule has 0 fully saturated rings. The molecule has 0 bridgehead atoms. The lowest BCUT2D eigenvalue weighted by Crippen LogP contribution is -2.49. The summed E-state index contributed by atoms with van der Waals surface area (Å²) in [6.07, 6.45) is 3.01. The minimum absolute atomic E-state index is 0.321. The number of benzene rings is 1. The monoisotopic (exact) mass is 276 g/mol. The third-order valence-corrected chi connectivity index (χ3v) is 3.53. The Morgan fingerprint density at radius 3 is 2.85 bits per heavy atom. The van der Waals surface area contributed by atoms with Crippen molar-refractivity contribution in [3.05, 3.63) is 29.8 Å². The van der Waals surface area contributed by atoms with Gasteiger partial charge in [0, 0.05) is 12.2 Å². The van der Waals surface area contributed by atoms with Crippen LogP contribution in [0.1, 0.15) is 31.7 Å². The van der Waals surface area contributed by atoms with Crippen molar-refractivity contribution in [3.63, 3.8) is 0 Å². The van der Waals surface area contributed by atoms with E-state index in [1.807, 2.05) is 31.2 Å². The van der Waals surface area contributed by atoms with E-state index in [1.54, 1.807) is 4.90 Å². The van der Waals surface area contributed by atoms with E-state index in [1.165, 1.54) is 0 Å². The SMILES string of the molecule is CCC[C@@H](NC(=O)N1CCCc2ccccc21)C(=O)O. The van der Waals surface area contributed by atoms with Crippen LogP contribution in [0.4, 0.5) is 10.5 Å². The first-order valence-electron chi connectivity index (χ1n) is 7.02. The van der Waals surface area contributed by atoms with Crippen molar-refractivity contribution in [1.29, 1.82) is 0 Å². The van der Waals surface area contributed by atoms with Gasteiger partial charge in [-0.2, -0.15) is 0 Å². The summed E-state index contributed by atoms with van der Waals surface area (Å²) in [5, 5.41) is 11.7. The van der Waals surface area contributed by atoms with Gasteiger partial charge in [-0.25, -0.2) is 9.59 Å². The molecule has 0 saturated heterocycles. The number of para-hydroxylation sites is 1. The predicted molar refractivity (Wildman–Crippen MR) is 77.0 cm³/mol. The first-order valence-corrected chi connectivity index (χ1v) is 7.02. The van der Waals surface area contributed by atoms with Gasteiger partial charge in [0.25, 0.3) is 0 Å². The molecule has 2 N–H and O–H groups in total. The molecule has 2 amide bonds. The van der Waals surface area contributed by atoms with Crippen molar-refractivity contribution in [2.75, 3.05) is 11.4 Å². The molecule has 1 aliphatic heterocycles. The van der Waals surface area contributed by atoms with Crippen LogP contribution < -0.4 is 10.2 Å². The number of amides is 2. The van der Waals surface area contributed by atoms with Gasteiger partial charge in [-0.3, -0.25) is 4.90 Å². The molecule has 1 heterocycles. The summed E-state index contributed by atoms with van der Waals surface area (Å²) < 4.78 is 0. The minimum Gasteiger partial charge on any atom is -0.480 e. The Hall–Kier alpha value is -2.04. The van der Waals surface area contributed by atoms with Gasteiger partial charge in [0.1, 0.15) is 6.04 Å². The average Bonchev–Trinajstić information content (AvgIpc) is 2.46. The van der Waals surface area contributed by atoms with Crippen LogP contribution in [0.15, 0.2) is 24.3 Å². The summed E-state index contributed by atoms with van der Waals surface area (Å²) >= 11 is 0. The smallest absolute Gasteiger partial charge is 0.326 e.